The highest BCUT2D eigenvalue weighted by Gasteiger charge is 2.26. The van der Waals surface area contributed by atoms with Crippen LogP contribution in [0.25, 0.3) is 0 Å². The monoisotopic (exact) mass is 337 g/mol. The number of carbonyl (C=O) groups excluding carboxylic acids is 1. The van der Waals surface area contributed by atoms with E-state index in [1.165, 1.54) is 0 Å². The summed E-state index contributed by atoms with van der Waals surface area (Å²) in [5, 5.41) is 13.3. The number of benzene rings is 1. The molecule has 2 aromatic rings. The highest BCUT2D eigenvalue weighted by Crippen LogP contribution is 2.23. The van der Waals surface area contributed by atoms with Crippen molar-refractivity contribution in [2.45, 2.75) is 45.6 Å². The number of nitriles is 1. The number of hydrogen-bond donors (Lipinski definition) is 0. The molecule has 1 atom stereocenters. The third-order valence-electron chi connectivity index (χ3n) is 4.71. The Balaban J connectivity index is 1.58. The number of piperidine rings is 1. The Kier molecular flexibility index (Phi) is 5.13. The Morgan fingerprint density at radius 2 is 2.08 bits per heavy atom. The van der Waals surface area contributed by atoms with E-state index in [1.54, 1.807) is 12.1 Å². The molecule has 1 saturated heterocycles. The average Bonchev–Trinajstić information content (AvgIpc) is 2.98. The summed E-state index contributed by atoms with van der Waals surface area (Å²) in [6.07, 6.45) is 3.22. The standard InChI is InChI=1S/C19H23N5O/c1-14-21-15(2)24(22-14)18-4-3-11-23(13-18)19(25)10-9-16-5-7-17(12-20)8-6-16/h5-8,18H,3-4,9-11,13H2,1-2H3/t18-/m1/s1. The molecular weight excluding hydrogens is 314 g/mol. The van der Waals surface area contributed by atoms with Crippen LogP contribution in [-0.2, 0) is 11.2 Å². The second kappa shape index (κ2) is 7.47. The lowest BCUT2D eigenvalue weighted by Crippen LogP contribution is -2.41. The van der Waals surface area contributed by atoms with Crippen LogP contribution >= 0.6 is 0 Å². The van der Waals surface area contributed by atoms with E-state index in [1.807, 2.05) is 35.6 Å². The number of rotatable bonds is 4. The van der Waals surface area contributed by atoms with Crippen LogP contribution in [0.1, 0.15) is 48.1 Å². The Labute approximate surface area is 148 Å². The number of aryl methyl sites for hydroxylation is 3. The first-order chi connectivity index (χ1) is 12.1. The number of amides is 1. The van der Waals surface area contributed by atoms with E-state index in [-0.39, 0.29) is 11.9 Å². The number of aromatic nitrogens is 3. The van der Waals surface area contributed by atoms with Crippen LogP contribution < -0.4 is 0 Å². The Morgan fingerprint density at radius 1 is 1.32 bits per heavy atom. The van der Waals surface area contributed by atoms with E-state index in [0.29, 0.717) is 24.9 Å². The molecule has 2 heterocycles. The van der Waals surface area contributed by atoms with Crippen molar-refractivity contribution in [3.8, 4) is 6.07 Å². The maximum Gasteiger partial charge on any atom is 0.222 e. The minimum Gasteiger partial charge on any atom is -0.341 e. The molecular formula is C19H23N5O. The van der Waals surface area contributed by atoms with Gasteiger partial charge in [-0.15, -0.1) is 0 Å². The summed E-state index contributed by atoms with van der Waals surface area (Å²) < 4.78 is 1.97. The zero-order valence-electron chi connectivity index (χ0n) is 14.8. The first-order valence-electron chi connectivity index (χ1n) is 8.73. The normalized spacial score (nSPS) is 17.3. The van der Waals surface area contributed by atoms with Crippen LogP contribution in [0, 0.1) is 25.2 Å². The fraction of sp³-hybridized carbons (Fsp3) is 0.474. The summed E-state index contributed by atoms with van der Waals surface area (Å²) in [7, 11) is 0. The SMILES string of the molecule is Cc1nc(C)n([C@@H]2CCCN(C(=O)CCc3ccc(C#N)cc3)C2)n1. The first-order valence-corrected chi connectivity index (χ1v) is 8.73. The number of hydrogen-bond acceptors (Lipinski definition) is 4. The largest absolute Gasteiger partial charge is 0.341 e. The van der Waals surface area contributed by atoms with Crippen molar-refractivity contribution in [3.05, 3.63) is 47.0 Å². The van der Waals surface area contributed by atoms with E-state index < -0.39 is 0 Å². The molecule has 3 rings (SSSR count). The second-order valence-electron chi connectivity index (χ2n) is 6.60. The Morgan fingerprint density at radius 3 is 2.72 bits per heavy atom. The van der Waals surface area contributed by atoms with Crippen LogP contribution in [0.2, 0.25) is 0 Å². The van der Waals surface area contributed by atoms with Crippen molar-refractivity contribution in [3.63, 3.8) is 0 Å². The van der Waals surface area contributed by atoms with Crippen molar-refractivity contribution in [2.75, 3.05) is 13.1 Å². The van der Waals surface area contributed by atoms with E-state index in [2.05, 4.69) is 16.2 Å². The van der Waals surface area contributed by atoms with Gasteiger partial charge < -0.3 is 4.90 Å². The molecule has 0 saturated carbocycles. The minimum absolute atomic E-state index is 0.184. The summed E-state index contributed by atoms with van der Waals surface area (Å²) in [5.74, 6) is 1.87. The average molecular weight is 337 g/mol. The first kappa shape index (κ1) is 17.2. The van der Waals surface area contributed by atoms with Gasteiger partial charge in [0.05, 0.1) is 17.7 Å². The van der Waals surface area contributed by atoms with Gasteiger partial charge in [-0.25, -0.2) is 9.67 Å². The highest BCUT2D eigenvalue weighted by atomic mass is 16.2. The number of likely N-dealkylation sites (tertiary alicyclic amines) is 1. The molecule has 130 valence electrons. The van der Waals surface area contributed by atoms with Crippen LogP contribution in [0.15, 0.2) is 24.3 Å². The summed E-state index contributed by atoms with van der Waals surface area (Å²) in [5.41, 5.74) is 1.73. The van der Waals surface area contributed by atoms with Gasteiger partial charge in [-0.2, -0.15) is 10.4 Å². The predicted octanol–water partition coefficient (Wildman–Crippen LogP) is 2.56. The minimum atomic E-state index is 0.184. The number of nitrogens with zero attached hydrogens (tertiary/aromatic N) is 5. The lowest BCUT2D eigenvalue weighted by Gasteiger charge is -2.33. The van der Waals surface area contributed by atoms with E-state index >= 15 is 0 Å². The zero-order chi connectivity index (χ0) is 17.8. The van der Waals surface area contributed by atoms with Crippen molar-refractivity contribution in [1.82, 2.24) is 19.7 Å². The summed E-state index contributed by atoms with van der Waals surface area (Å²) in [4.78, 5) is 18.9. The van der Waals surface area contributed by atoms with Crippen LogP contribution in [0.5, 0.6) is 0 Å². The molecule has 0 N–H and O–H groups in total. The fourth-order valence-corrected chi connectivity index (χ4v) is 3.42. The van der Waals surface area contributed by atoms with Crippen molar-refractivity contribution in [2.24, 2.45) is 0 Å². The molecule has 6 nitrogen and oxygen atoms in total. The van der Waals surface area contributed by atoms with Gasteiger partial charge in [-0.1, -0.05) is 12.1 Å². The maximum absolute atomic E-state index is 12.6. The van der Waals surface area contributed by atoms with Crippen molar-refractivity contribution >= 4 is 5.91 Å². The smallest absolute Gasteiger partial charge is 0.222 e. The van der Waals surface area contributed by atoms with Gasteiger partial charge in [0.1, 0.15) is 11.6 Å². The molecule has 25 heavy (non-hydrogen) atoms. The molecule has 1 aliphatic heterocycles. The van der Waals surface area contributed by atoms with Gasteiger partial charge in [0.2, 0.25) is 5.91 Å². The maximum atomic E-state index is 12.6. The van der Waals surface area contributed by atoms with Gasteiger partial charge in [-0.05, 0) is 50.8 Å². The molecule has 1 aromatic carbocycles. The zero-order valence-corrected chi connectivity index (χ0v) is 14.8. The summed E-state index contributed by atoms with van der Waals surface area (Å²) in [6, 6.07) is 9.77. The number of carbonyl (C=O) groups is 1. The molecule has 6 heteroatoms. The molecule has 0 radical (unpaired) electrons. The fourth-order valence-electron chi connectivity index (χ4n) is 3.42. The van der Waals surface area contributed by atoms with E-state index in [9.17, 15) is 4.79 Å². The topological polar surface area (TPSA) is 74.8 Å². The van der Waals surface area contributed by atoms with Crippen molar-refractivity contribution in [1.29, 1.82) is 5.26 Å². The molecule has 1 amide bonds. The molecule has 0 aliphatic carbocycles. The molecule has 0 bridgehead atoms. The predicted molar refractivity (Wildman–Crippen MR) is 93.8 cm³/mol. The molecule has 1 fully saturated rings. The van der Waals surface area contributed by atoms with Crippen LogP contribution in [0.4, 0.5) is 0 Å². The van der Waals surface area contributed by atoms with Crippen LogP contribution in [0.3, 0.4) is 0 Å². The Bertz CT molecular complexity index is 787. The summed E-state index contributed by atoms with van der Waals surface area (Å²) in [6.45, 7) is 5.38. The van der Waals surface area contributed by atoms with Crippen molar-refractivity contribution < 1.29 is 4.79 Å². The highest BCUT2D eigenvalue weighted by molar-refractivity contribution is 5.76. The van der Waals surface area contributed by atoms with E-state index in [0.717, 1.165) is 36.6 Å². The molecule has 1 aliphatic rings. The molecule has 0 unspecified atom stereocenters. The van der Waals surface area contributed by atoms with Gasteiger partial charge >= 0.3 is 0 Å². The van der Waals surface area contributed by atoms with Gasteiger partial charge in [0.25, 0.3) is 0 Å². The summed E-state index contributed by atoms with van der Waals surface area (Å²) >= 11 is 0. The van der Waals surface area contributed by atoms with Gasteiger partial charge in [0.15, 0.2) is 0 Å². The Hall–Kier alpha value is -2.68. The third kappa shape index (κ3) is 4.05. The lowest BCUT2D eigenvalue weighted by atomic mass is 10.0. The quantitative estimate of drug-likeness (QED) is 0.859. The molecule has 1 aromatic heterocycles. The second-order valence-corrected chi connectivity index (χ2v) is 6.60. The molecule has 0 spiro atoms. The van der Waals surface area contributed by atoms with E-state index in [4.69, 9.17) is 5.26 Å². The van der Waals surface area contributed by atoms with Gasteiger partial charge in [-0.3, -0.25) is 4.79 Å². The van der Waals surface area contributed by atoms with Crippen LogP contribution in [-0.4, -0.2) is 38.7 Å². The lowest BCUT2D eigenvalue weighted by molar-refractivity contribution is -0.132. The van der Waals surface area contributed by atoms with Gasteiger partial charge in [0, 0.05) is 19.5 Å². The third-order valence-corrected chi connectivity index (χ3v) is 4.71.